The lowest BCUT2D eigenvalue weighted by atomic mass is 10.0. The zero-order chi connectivity index (χ0) is 20.3. The molecule has 28 heavy (non-hydrogen) atoms. The van der Waals surface area contributed by atoms with Crippen LogP contribution in [-0.4, -0.2) is 40.4 Å². The molecule has 1 N–H and O–H groups in total. The van der Waals surface area contributed by atoms with Gasteiger partial charge < -0.3 is 9.64 Å². The largest absolute Gasteiger partial charge is 0.375 e. The number of amides is 1. The van der Waals surface area contributed by atoms with Crippen molar-refractivity contribution in [2.24, 2.45) is 0 Å². The van der Waals surface area contributed by atoms with Crippen molar-refractivity contribution in [2.45, 2.75) is 24.7 Å². The molecule has 1 heterocycles. The predicted octanol–water partition coefficient (Wildman–Crippen LogP) is 2.62. The molecule has 0 bridgehead atoms. The van der Waals surface area contributed by atoms with Crippen molar-refractivity contribution in [3.63, 3.8) is 0 Å². The van der Waals surface area contributed by atoms with E-state index in [1.54, 1.807) is 23.1 Å². The molecule has 0 radical (unpaired) electrons. The molecule has 8 heteroatoms. The Labute approximate surface area is 164 Å². The number of ketones is 1. The van der Waals surface area contributed by atoms with Crippen molar-refractivity contribution >= 4 is 33.1 Å². The van der Waals surface area contributed by atoms with Gasteiger partial charge in [-0.2, -0.15) is 0 Å². The van der Waals surface area contributed by atoms with Crippen molar-refractivity contribution in [1.29, 1.82) is 0 Å². The monoisotopic (exact) mass is 402 g/mol. The molecule has 1 aliphatic heterocycles. The van der Waals surface area contributed by atoms with Gasteiger partial charge in [-0.05, 0) is 49.6 Å². The fraction of sp³-hybridized carbons (Fsp3) is 0.300. The molecular formula is C20H22N2O5S. The lowest BCUT2D eigenvalue weighted by Gasteiger charge is -2.30. The minimum atomic E-state index is -3.87. The first-order valence-electron chi connectivity index (χ1n) is 8.88. The van der Waals surface area contributed by atoms with Crippen LogP contribution < -0.4 is 9.62 Å². The van der Waals surface area contributed by atoms with E-state index in [1.165, 1.54) is 32.2 Å². The summed E-state index contributed by atoms with van der Waals surface area (Å²) in [6.07, 6.45) is 1.66. The predicted molar refractivity (Wildman–Crippen MR) is 106 cm³/mol. The number of aryl methyl sites for hydroxylation is 1. The highest BCUT2D eigenvalue weighted by atomic mass is 32.2. The Bertz CT molecular complexity index is 1020. The van der Waals surface area contributed by atoms with Crippen LogP contribution in [0.5, 0.6) is 0 Å². The molecule has 0 fully saturated rings. The molecule has 2 aromatic rings. The standard InChI is InChI=1S/C20H22N2O5S/c1-14(23)16-5-3-7-18(11-16)28(25,26)21-17-9-8-15-6-4-10-22(19(15)12-17)20(24)13-27-2/h3,5,7-9,11-12,21H,4,6,10,13H2,1-2H3. The molecular weight excluding hydrogens is 380 g/mol. The molecule has 0 aliphatic carbocycles. The Morgan fingerprint density at radius 3 is 2.68 bits per heavy atom. The Morgan fingerprint density at radius 2 is 1.96 bits per heavy atom. The third kappa shape index (κ3) is 4.23. The number of ether oxygens (including phenoxy) is 1. The van der Waals surface area contributed by atoms with Crippen LogP contribution in [0.4, 0.5) is 11.4 Å². The fourth-order valence-corrected chi connectivity index (χ4v) is 4.29. The van der Waals surface area contributed by atoms with Crippen molar-refractivity contribution < 1.29 is 22.7 Å². The summed E-state index contributed by atoms with van der Waals surface area (Å²) in [6.45, 7) is 1.91. The van der Waals surface area contributed by atoms with Crippen molar-refractivity contribution in [3.05, 3.63) is 53.6 Å². The number of anilines is 2. The number of carbonyl (C=O) groups is 2. The second-order valence-electron chi connectivity index (χ2n) is 6.61. The van der Waals surface area contributed by atoms with Crippen LogP contribution in [0.15, 0.2) is 47.4 Å². The number of sulfonamides is 1. The second-order valence-corrected chi connectivity index (χ2v) is 8.30. The number of hydrogen-bond donors (Lipinski definition) is 1. The summed E-state index contributed by atoms with van der Waals surface area (Å²) in [6, 6.07) is 11.0. The van der Waals surface area contributed by atoms with Crippen LogP contribution in [-0.2, 0) is 26.0 Å². The van der Waals surface area contributed by atoms with E-state index in [2.05, 4.69) is 4.72 Å². The highest BCUT2D eigenvalue weighted by Crippen LogP contribution is 2.31. The third-order valence-electron chi connectivity index (χ3n) is 4.58. The zero-order valence-corrected chi connectivity index (χ0v) is 16.6. The minimum absolute atomic E-state index is 0.00485. The lowest BCUT2D eigenvalue weighted by Crippen LogP contribution is -2.37. The number of methoxy groups -OCH3 is 1. The van der Waals surface area contributed by atoms with Gasteiger partial charge in [0.2, 0.25) is 0 Å². The van der Waals surface area contributed by atoms with Crippen molar-refractivity contribution in [1.82, 2.24) is 0 Å². The molecule has 148 valence electrons. The molecule has 0 saturated heterocycles. The van der Waals surface area contributed by atoms with E-state index >= 15 is 0 Å². The molecule has 1 amide bonds. The number of benzene rings is 2. The molecule has 0 saturated carbocycles. The van der Waals surface area contributed by atoms with E-state index in [0.29, 0.717) is 23.5 Å². The van der Waals surface area contributed by atoms with E-state index in [-0.39, 0.29) is 23.2 Å². The van der Waals surface area contributed by atoms with E-state index < -0.39 is 10.0 Å². The SMILES string of the molecule is COCC(=O)N1CCCc2ccc(NS(=O)(=O)c3cccc(C(C)=O)c3)cc21. The third-order valence-corrected chi connectivity index (χ3v) is 5.95. The van der Waals surface area contributed by atoms with Gasteiger partial charge in [0.25, 0.3) is 15.9 Å². The van der Waals surface area contributed by atoms with Crippen molar-refractivity contribution in [2.75, 3.05) is 29.9 Å². The smallest absolute Gasteiger partial charge is 0.261 e. The number of carbonyl (C=O) groups excluding carboxylic acids is 2. The Kier molecular flexibility index (Phi) is 5.81. The van der Waals surface area contributed by atoms with Gasteiger partial charge in [-0.1, -0.05) is 18.2 Å². The highest BCUT2D eigenvalue weighted by molar-refractivity contribution is 7.92. The molecule has 7 nitrogen and oxygen atoms in total. The first kappa shape index (κ1) is 20.0. The van der Waals surface area contributed by atoms with Crippen molar-refractivity contribution in [3.8, 4) is 0 Å². The number of hydrogen-bond acceptors (Lipinski definition) is 5. The van der Waals surface area contributed by atoms with Gasteiger partial charge in [0, 0.05) is 24.9 Å². The zero-order valence-electron chi connectivity index (χ0n) is 15.8. The maximum absolute atomic E-state index is 12.7. The average Bonchev–Trinajstić information content (AvgIpc) is 2.67. The number of nitrogens with one attached hydrogen (secondary N) is 1. The normalized spacial score (nSPS) is 13.7. The van der Waals surface area contributed by atoms with Crippen LogP contribution >= 0.6 is 0 Å². The quantitative estimate of drug-likeness (QED) is 0.750. The Balaban J connectivity index is 1.91. The molecule has 0 aromatic heterocycles. The fourth-order valence-electron chi connectivity index (χ4n) is 3.19. The van der Waals surface area contributed by atoms with Crippen LogP contribution in [0.3, 0.4) is 0 Å². The molecule has 0 spiro atoms. The number of nitrogens with zero attached hydrogens (tertiary/aromatic N) is 1. The van der Waals surface area contributed by atoms with E-state index in [4.69, 9.17) is 4.74 Å². The van der Waals surface area contributed by atoms with Gasteiger partial charge in [0.1, 0.15) is 6.61 Å². The molecule has 1 aliphatic rings. The first-order valence-corrected chi connectivity index (χ1v) is 10.4. The first-order chi connectivity index (χ1) is 13.3. The second kappa shape index (κ2) is 8.12. The Hall–Kier alpha value is -2.71. The van der Waals surface area contributed by atoms with E-state index in [0.717, 1.165) is 18.4 Å². The summed E-state index contributed by atoms with van der Waals surface area (Å²) in [5.74, 6) is -0.379. The number of rotatable bonds is 6. The van der Waals surface area contributed by atoms with E-state index in [9.17, 15) is 18.0 Å². The molecule has 0 unspecified atom stereocenters. The van der Waals surface area contributed by atoms with Gasteiger partial charge in [0.05, 0.1) is 10.6 Å². The summed E-state index contributed by atoms with van der Waals surface area (Å²) >= 11 is 0. The number of Topliss-reactive ketones (excluding diaryl/α,β-unsaturated/α-hetero) is 1. The summed E-state index contributed by atoms with van der Waals surface area (Å²) in [5.41, 5.74) is 2.34. The van der Waals surface area contributed by atoms with Crippen LogP contribution in [0.2, 0.25) is 0 Å². The van der Waals surface area contributed by atoms with E-state index in [1.807, 2.05) is 6.07 Å². The molecule has 2 aromatic carbocycles. The molecule has 0 atom stereocenters. The lowest BCUT2D eigenvalue weighted by molar-refractivity contribution is -0.122. The Morgan fingerprint density at radius 1 is 1.18 bits per heavy atom. The van der Waals surface area contributed by atoms with Gasteiger partial charge >= 0.3 is 0 Å². The maximum Gasteiger partial charge on any atom is 0.261 e. The summed E-state index contributed by atoms with van der Waals surface area (Å²) in [5, 5.41) is 0. The van der Waals surface area contributed by atoms with Crippen LogP contribution in [0.25, 0.3) is 0 Å². The van der Waals surface area contributed by atoms with Crippen LogP contribution in [0, 0.1) is 0 Å². The topological polar surface area (TPSA) is 92.8 Å². The van der Waals surface area contributed by atoms with Crippen LogP contribution in [0.1, 0.15) is 29.3 Å². The molecule has 3 rings (SSSR count). The van der Waals surface area contributed by atoms with Gasteiger partial charge in [-0.15, -0.1) is 0 Å². The van der Waals surface area contributed by atoms with Gasteiger partial charge in [0.15, 0.2) is 5.78 Å². The highest BCUT2D eigenvalue weighted by Gasteiger charge is 2.24. The minimum Gasteiger partial charge on any atom is -0.375 e. The average molecular weight is 402 g/mol. The number of fused-ring (bicyclic) bond motifs is 1. The maximum atomic E-state index is 12.7. The van der Waals surface area contributed by atoms with Gasteiger partial charge in [-0.25, -0.2) is 8.42 Å². The summed E-state index contributed by atoms with van der Waals surface area (Å²) < 4.78 is 33.0. The summed E-state index contributed by atoms with van der Waals surface area (Å²) in [4.78, 5) is 25.5. The summed E-state index contributed by atoms with van der Waals surface area (Å²) in [7, 11) is -2.41. The van der Waals surface area contributed by atoms with Gasteiger partial charge in [-0.3, -0.25) is 14.3 Å².